The van der Waals surface area contributed by atoms with Crippen LogP contribution in [0.5, 0.6) is 11.5 Å². The smallest absolute Gasteiger partial charge is 0.135 e. The van der Waals surface area contributed by atoms with E-state index in [2.05, 4.69) is 0 Å². The molecule has 0 saturated heterocycles. The van der Waals surface area contributed by atoms with Crippen molar-refractivity contribution >= 4 is 10.8 Å². The van der Waals surface area contributed by atoms with Crippen molar-refractivity contribution < 1.29 is 9.13 Å². The summed E-state index contributed by atoms with van der Waals surface area (Å²) >= 11 is 0. The van der Waals surface area contributed by atoms with Gasteiger partial charge in [0.1, 0.15) is 17.3 Å². The van der Waals surface area contributed by atoms with Crippen LogP contribution >= 0.6 is 0 Å². The molecule has 0 aliphatic carbocycles. The largest absolute Gasteiger partial charge is 0.457 e. The van der Waals surface area contributed by atoms with E-state index in [1.807, 2.05) is 48.5 Å². The van der Waals surface area contributed by atoms with Crippen LogP contribution in [-0.4, -0.2) is 6.54 Å². The molecule has 0 amide bonds. The summed E-state index contributed by atoms with van der Waals surface area (Å²) in [6, 6.07) is 18.5. The lowest BCUT2D eigenvalue weighted by molar-refractivity contribution is 0.481. The number of fused-ring (bicyclic) bond motifs is 1. The molecule has 0 spiro atoms. The average molecular weight is 281 g/mol. The highest BCUT2D eigenvalue weighted by Gasteiger charge is 2.06. The van der Waals surface area contributed by atoms with Crippen LogP contribution in [0, 0.1) is 5.82 Å². The Morgan fingerprint density at radius 1 is 0.952 bits per heavy atom. The fourth-order valence-corrected chi connectivity index (χ4v) is 2.40. The molecule has 0 fully saturated rings. The maximum absolute atomic E-state index is 13.6. The predicted octanol–water partition coefficient (Wildman–Crippen LogP) is 4.27. The molecule has 0 bridgehead atoms. The van der Waals surface area contributed by atoms with Gasteiger partial charge in [-0.3, -0.25) is 0 Å². The minimum Gasteiger partial charge on any atom is -0.457 e. The molecule has 106 valence electrons. The molecule has 3 heteroatoms. The lowest BCUT2D eigenvalue weighted by Gasteiger charge is -2.10. The van der Waals surface area contributed by atoms with E-state index < -0.39 is 0 Å². The number of halogens is 1. The van der Waals surface area contributed by atoms with Gasteiger partial charge in [0.15, 0.2) is 0 Å². The summed E-state index contributed by atoms with van der Waals surface area (Å²) in [4.78, 5) is 0. The van der Waals surface area contributed by atoms with Crippen molar-refractivity contribution in [2.45, 2.75) is 6.42 Å². The third kappa shape index (κ3) is 3.03. The Balaban J connectivity index is 1.98. The van der Waals surface area contributed by atoms with E-state index in [0.717, 1.165) is 22.1 Å². The lowest BCUT2D eigenvalue weighted by Crippen LogP contribution is -2.03. The van der Waals surface area contributed by atoms with E-state index in [1.165, 1.54) is 12.1 Å². The molecule has 0 aromatic heterocycles. The van der Waals surface area contributed by atoms with Gasteiger partial charge in [0.2, 0.25) is 0 Å². The molecule has 0 saturated carbocycles. The lowest BCUT2D eigenvalue weighted by atomic mass is 10.1. The molecule has 0 radical (unpaired) electrons. The van der Waals surface area contributed by atoms with Gasteiger partial charge < -0.3 is 10.5 Å². The summed E-state index contributed by atoms with van der Waals surface area (Å²) in [6.45, 7) is 0.483. The zero-order chi connectivity index (χ0) is 14.7. The topological polar surface area (TPSA) is 35.2 Å². The summed E-state index contributed by atoms with van der Waals surface area (Å²) < 4.78 is 19.5. The highest BCUT2D eigenvalue weighted by molar-refractivity contribution is 5.88. The SMILES string of the molecule is NCCc1cc(F)cc(Oc2cccc3ccccc23)c1. The molecule has 21 heavy (non-hydrogen) atoms. The molecule has 2 nitrogen and oxygen atoms in total. The van der Waals surface area contributed by atoms with E-state index in [1.54, 1.807) is 0 Å². The number of ether oxygens (including phenoxy) is 1. The number of benzene rings is 3. The Hall–Kier alpha value is -2.39. The first-order valence-corrected chi connectivity index (χ1v) is 6.91. The number of hydrogen-bond donors (Lipinski definition) is 1. The molecule has 3 rings (SSSR count). The third-order valence-electron chi connectivity index (χ3n) is 3.34. The van der Waals surface area contributed by atoms with Crippen molar-refractivity contribution in [1.29, 1.82) is 0 Å². The number of rotatable bonds is 4. The van der Waals surface area contributed by atoms with Crippen LogP contribution in [0.25, 0.3) is 10.8 Å². The Morgan fingerprint density at radius 3 is 2.62 bits per heavy atom. The maximum atomic E-state index is 13.6. The van der Waals surface area contributed by atoms with Gasteiger partial charge in [0, 0.05) is 11.5 Å². The zero-order valence-corrected chi connectivity index (χ0v) is 11.6. The quantitative estimate of drug-likeness (QED) is 0.775. The molecule has 3 aromatic carbocycles. The first kappa shape index (κ1) is 13.6. The molecular weight excluding hydrogens is 265 g/mol. The number of hydrogen-bond acceptors (Lipinski definition) is 2. The minimum atomic E-state index is -0.309. The van der Waals surface area contributed by atoms with Crippen LogP contribution in [-0.2, 0) is 6.42 Å². The van der Waals surface area contributed by atoms with Gasteiger partial charge >= 0.3 is 0 Å². The Labute approximate surface area is 123 Å². The molecular formula is C18H16FNO. The highest BCUT2D eigenvalue weighted by atomic mass is 19.1. The fraction of sp³-hybridized carbons (Fsp3) is 0.111. The second-order valence-corrected chi connectivity index (χ2v) is 4.91. The Bertz CT molecular complexity index is 765. The molecule has 0 unspecified atom stereocenters. The highest BCUT2D eigenvalue weighted by Crippen LogP contribution is 2.30. The van der Waals surface area contributed by atoms with Gasteiger partial charge in [-0.15, -0.1) is 0 Å². The fourth-order valence-electron chi connectivity index (χ4n) is 2.40. The van der Waals surface area contributed by atoms with Crippen molar-refractivity contribution in [3.63, 3.8) is 0 Å². The van der Waals surface area contributed by atoms with E-state index in [4.69, 9.17) is 10.5 Å². The summed E-state index contributed by atoms with van der Waals surface area (Å²) in [6.07, 6.45) is 0.629. The molecule has 0 heterocycles. The monoisotopic (exact) mass is 281 g/mol. The molecule has 3 aromatic rings. The second-order valence-electron chi connectivity index (χ2n) is 4.91. The molecule has 0 atom stereocenters. The van der Waals surface area contributed by atoms with Crippen LogP contribution in [0.1, 0.15) is 5.56 Å². The molecule has 0 aliphatic heterocycles. The van der Waals surface area contributed by atoms with Crippen LogP contribution < -0.4 is 10.5 Å². The van der Waals surface area contributed by atoms with Gasteiger partial charge in [-0.05, 0) is 42.1 Å². The number of nitrogens with two attached hydrogens (primary N) is 1. The maximum Gasteiger partial charge on any atom is 0.135 e. The van der Waals surface area contributed by atoms with Crippen LogP contribution in [0.3, 0.4) is 0 Å². The van der Waals surface area contributed by atoms with Crippen molar-refractivity contribution in [2.24, 2.45) is 5.73 Å². The standard InChI is InChI=1S/C18H16FNO/c19-15-10-13(8-9-20)11-16(12-15)21-18-7-3-5-14-4-1-2-6-17(14)18/h1-7,10-12H,8-9,20H2. The van der Waals surface area contributed by atoms with E-state index in [0.29, 0.717) is 18.7 Å². The van der Waals surface area contributed by atoms with Crippen LogP contribution in [0.15, 0.2) is 60.7 Å². The minimum absolute atomic E-state index is 0.309. The third-order valence-corrected chi connectivity index (χ3v) is 3.34. The van der Waals surface area contributed by atoms with Crippen molar-refractivity contribution in [2.75, 3.05) is 6.54 Å². The van der Waals surface area contributed by atoms with Crippen molar-refractivity contribution in [3.8, 4) is 11.5 Å². The molecule has 2 N–H and O–H groups in total. The first-order chi connectivity index (χ1) is 10.3. The van der Waals surface area contributed by atoms with E-state index in [9.17, 15) is 4.39 Å². The van der Waals surface area contributed by atoms with Gasteiger partial charge in [0.25, 0.3) is 0 Å². The van der Waals surface area contributed by atoms with Gasteiger partial charge in [0.05, 0.1) is 0 Å². The average Bonchev–Trinajstić information content (AvgIpc) is 2.47. The van der Waals surface area contributed by atoms with E-state index >= 15 is 0 Å². The van der Waals surface area contributed by atoms with Crippen molar-refractivity contribution in [3.05, 3.63) is 72.0 Å². The zero-order valence-electron chi connectivity index (χ0n) is 11.6. The predicted molar refractivity (Wildman–Crippen MR) is 83.2 cm³/mol. The van der Waals surface area contributed by atoms with Gasteiger partial charge in [-0.2, -0.15) is 0 Å². The van der Waals surface area contributed by atoms with Crippen molar-refractivity contribution in [1.82, 2.24) is 0 Å². The Morgan fingerprint density at radius 2 is 1.76 bits per heavy atom. The van der Waals surface area contributed by atoms with Gasteiger partial charge in [-0.1, -0.05) is 36.4 Å². The summed E-state index contributed by atoms with van der Waals surface area (Å²) in [5, 5.41) is 2.10. The Kier molecular flexibility index (Phi) is 3.84. The van der Waals surface area contributed by atoms with Crippen LogP contribution in [0.4, 0.5) is 4.39 Å². The van der Waals surface area contributed by atoms with Gasteiger partial charge in [-0.25, -0.2) is 4.39 Å². The van der Waals surface area contributed by atoms with Crippen LogP contribution in [0.2, 0.25) is 0 Å². The first-order valence-electron chi connectivity index (χ1n) is 6.91. The summed E-state index contributed by atoms with van der Waals surface area (Å²) in [5.41, 5.74) is 6.36. The summed E-state index contributed by atoms with van der Waals surface area (Å²) in [5.74, 6) is 0.906. The second kappa shape index (κ2) is 5.94. The normalized spacial score (nSPS) is 10.8. The summed E-state index contributed by atoms with van der Waals surface area (Å²) in [7, 11) is 0. The molecule has 0 aliphatic rings. The van der Waals surface area contributed by atoms with E-state index in [-0.39, 0.29) is 5.82 Å².